The summed E-state index contributed by atoms with van der Waals surface area (Å²) in [4.78, 5) is 2.52. The van der Waals surface area contributed by atoms with Crippen LogP contribution in [-0.2, 0) is 0 Å². The van der Waals surface area contributed by atoms with Gasteiger partial charge in [-0.1, -0.05) is 18.3 Å². The highest BCUT2D eigenvalue weighted by atomic mass is 79.9. The number of hydrogen-bond acceptors (Lipinski definition) is 5. The van der Waals surface area contributed by atoms with E-state index < -0.39 is 0 Å². The molecule has 15 heavy (non-hydrogen) atoms. The van der Waals surface area contributed by atoms with Crippen molar-refractivity contribution in [2.45, 2.75) is 25.8 Å². The average molecular weight is 291 g/mol. The van der Waals surface area contributed by atoms with Crippen molar-refractivity contribution < 1.29 is 0 Å². The summed E-state index contributed by atoms with van der Waals surface area (Å²) in [5, 5.41) is 12.2. The van der Waals surface area contributed by atoms with E-state index in [-0.39, 0.29) is 0 Å². The molecule has 0 spiro atoms. The van der Waals surface area contributed by atoms with Gasteiger partial charge < -0.3 is 5.32 Å². The zero-order chi connectivity index (χ0) is 10.7. The van der Waals surface area contributed by atoms with Gasteiger partial charge in [0.1, 0.15) is 0 Å². The summed E-state index contributed by atoms with van der Waals surface area (Å²) in [6.07, 6.45) is 2.61. The van der Waals surface area contributed by atoms with Gasteiger partial charge in [-0.25, -0.2) is 0 Å². The first kappa shape index (κ1) is 11.3. The zero-order valence-electron chi connectivity index (χ0n) is 8.74. The molecular formula is C9H15BrN4S. The number of aromatic nitrogens is 2. The number of nitrogens with zero attached hydrogens (tertiary/aromatic N) is 3. The van der Waals surface area contributed by atoms with E-state index in [1.165, 1.54) is 19.4 Å². The Balaban J connectivity index is 1.82. The molecule has 0 amide bonds. The van der Waals surface area contributed by atoms with Crippen molar-refractivity contribution in [2.24, 2.45) is 0 Å². The van der Waals surface area contributed by atoms with Crippen LogP contribution in [0.3, 0.4) is 0 Å². The summed E-state index contributed by atoms with van der Waals surface area (Å²) in [6, 6.07) is 0.665. The monoisotopic (exact) mass is 290 g/mol. The Morgan fingerprint density at radius 1 is 1.60 bits per heavy atom. The van der Waals surface area contributed by atoms with E-state index in [1.807, 2.05) is 0 Å². The van der Waals surface area contributed by atoms with Crippen molar-refractivity contribution in [3.05, 3.63) is 3.92 Å². The van der Waals surface area contributed by atoms with Crippen LogP contribution in [0.2, 0.25) is 0 Å². The lowest BCUT2D eigenvalue weighted by molar-refractivity contribution is 0.277. The maximum Gasteiger partial charge on any atom is 0.206 e. The summed E-state index contributed by atoms with van der Waals surface area (Å²) in [6.45, 7) is 5.59. The minimum Gasteiger partial charge on any atom is -0.358 e. The van der Waals surface area contributed by atoms with Gasteiger partial charge in [0.2, 0.25) is 5.13 Å². The van der Waals surface area contributed by atoms with E-state index in [0.29, 0.717) is 6.04 Å². The predicted octanol–water partition coefficient (Wildman–Crippen LogP) is 2.20. The smallest absolute Gasteiger partial charge is 0.206 e. The number of nitrogens with one attached hydrogen (secondary N) is 1. The molecule has 4 nitrogen and oxygen atoms in total. The fourth-order valence-corrected chi connectivity index (χ4v) is 3.04. The van der Waals surface area contributed by atoms with Gasteiger partial charge >= 0.3 is 0 Å². The van der Waals surface area contributed by atoms with Crippen molar-refractivity contribution in [1.29, 1.82) is 0 Å². The summed E-state index contributed by atoms with van der Waals surface area (Å²) in [7, 11) is 0. The fourth-order valence-electron chi connectivity index (χ4n) is 2.02. The molecule has 1 aliphatic heterocycles. The molecule has 1 N–H and O–H groups in total. The highest BCUT2D eigenvalue weighted by Crippen LogP contribution is 2.22. The lowest BCUT2D eigenvalue weighted by Gasteiger charge is -2.22. The molecule has 1 unspecified atom stereocenters. The molecule has 2 rings (SSSR count). The van der Waals surface area contributed by atoms with Gasteiger partial charge in [-0.15, -0.1) is 10.2 Å². The van der Waals surface area contributed by atoms with Crippen molar-refractivity contribution in [1.82, 2.24) is 15.1 Å². The SMILES string of the molecule is CCN1CCCC1CNc1nnc(Br)s1. The van der Waals surface area contributed by atoms with Gasteiger partial charge in [0.05, 0.1) is 0 Å². The molecule has 1 aromatic rings. The highest BCUT2D eigenvalue weighted by Gasteiger charge is 2.22. The van der Waals surface area contributed by atoms with Crippen molar-refractivity contribution in [3.63, 3.8) is 0 Å². The third-order valence-electron chi connectivity index (χ3n) is 2.79. The van der Waals surface area contributed by atoms with E-state index in [9.17, 15) is 0 Å². The number of rotatable bonds is 4. The maximum atomic E-state index is 4.02. The fraction of sp³-hybridized carbons (Fsp3) is 0.778. The second-order valence-electron chi connectivity index (χ2n) is 3.67. The van der Waals surface area contributed by atoms with E-state index in [1.54, 1.807) is 11.3 Å². The molecule has 0 aliphatic carbocycles. The van der Waals surface area contributed by atoms with Crippen molar-refractivity contribution in [2.75, 3.05) is 25.0 Å². The molecule has 0 radical (unpaired) electrons. The van der Waals surface area contributed by atoms with E-state index in [4.69, 9.17) is 0 Å². The second-order valence-corrected chi connectivity index (χ2v) is 5.92. The molecule has 0 bridgehead atoms. The van der Waals surface area contributed by atoms with Crippen LogP contribution in [0.1, 0.15) is 19.8 Å². The third kappa shape index (κ3) is 2.89. The second kappa shape index (κ2) is 5.23. The topological polar surface area (TPSA) is 41.0 Å². The molecule has 84 valence electrons. The Labute approximate surface area is 102 Å². The molecule has 1 fully saturated rings. The highest BCUT2D eigenvalue weighted by molar-refractivity contribution is 9.11. The first-order valence-electron chi connectivity index (χ1n) is 5.26. The first-order chi connectivity index (χ1) is 7.29. The van der Waals surface area contributed by atoms with Gasteiger partial charge in [0, 0.05) is 12.6 Å². The van der Waals surface area contributed by atoms with Crippen LogP contribution in [0.15, 0.2) is 3.92 Å². The van der Waals surface area contributed by atoms with Crippen LogP contribution in [-0.4, -0.2) is 40.8 Å². The van der Waals surface area contributed by atoms with Gasteiger partial charge in [0.25, 0.3) is 0 Å². The number of anilines is 1. The van der Waals surface area contributed by atoms with Crippen LogP contribution in [0.4, 0.5) is 5.13 Å². The Morgan fingerprint density at radius 2 is 2.47 bits per heavy atom. The predicted molar refractivity (Wildman–Crippen MR) is 66.4 cm³/mol. The Bertz CT molecular complexity index is 317. The van der Waals surface area contributed by atoms with E-state index in [0.717, 1.165) is 22.1 Å². The standard InChI is InChI=1S/C9H15BrN4S/c1-2-14-5-3-4-7(14)6-11-9-13-12-8(10)15-9/h7H,2-6H2,1H3,(H,11,13). The minimum atomic E-state index is 0.665. The normalized spacial score (nSPS) is 22.1. The minimum absolute atomic E-state index is 0.665. The average Bonchev–Trinajstić information content (AvgIpc) is 2.83. The maximum absolute atomic E-state index is 4.02. The molecule has 1 aliphatic rings. The summed E-state index contributed by atoms with van der Waals surface area (Å²) in [5.41, 5.74) is 0. The van der Waals surface area contributed by atoms with Crippen LogP contribution < -0.4 is 5.32 Å². The quantitative estimate of drug-likeness (QED) is 0.923. The zero-order valence-corrected chi connectivity index (χ0v) is 11.1. The summed E-state index contributed by atoms with van der Waals surface area (Å²) >= 11 is 4.85. The van der Waals surface area contributed by atoms with E-state index >= 15 is 0 Å². The number of halogens is 1. The Morgan fingerprint density at radius 3 is 3.13 bits per heavy atom. The van der Waals surface area contributed by atoms with E-state index in [2.05, 4.69) is 43.3 Å². The third-order valence-corrected chi connectivity index (χ3v) is 4.11. The van der Waals surface area contributed by atoms with Crippen molar-refractivity contribution >= 4 is 32.4 Å². The van der Waals surface area contributed by atoms with Crippen LogP contribution in [0.5, 0.6) is 0 Å². The lowest BCUT2D eigenvalue weighted by Crippen LogP contribution is -2.34. The first-order valence-corrected chi connectivity index (χ1v) is 6.87. The Kier molecular flexibility index (Phi) is 3.93. The van der Waals surface area contributed by atoms with Crippen LogP contribution in [0.25, 0.3) is 0 Å². The molecular weight excluding hydrogens is 276 g/mol. The Hall–Kier alpha value is -0.200. The molecule has 0 aromatic carbocycles. The van der Waals surface area contributed by atoms with Crippen LogP contribution in [0, 0.1) is 0 Å². The lowest BCUT2D eigenvalue weighted by atomic mass is 10.2. The molecule has 1 aromatic heterocycles. The molecule has 0 saturated carbocycles. The summed E-state index contributed by atoms with van der Waals surface area (Å²) < 4.78 is 0.837. The van der Waals surface area contributed by atoms with Gasteiger partial charge in [-0.2, -0.15) is 0 Å². The molecule has 6 heteroatoms. The largest absolute Gasteiger partial charge is 0.358 e. The van der Waals surface area contributed by atoms with Crippen LogP contribution >= 0.6 is 27.3 Å². The molecule has 1 saturated heterocycles. The van der Waals surface area contributed by atoms with Gasteiger partial charge in [0.15, 0.2) is 3.92 Å². The van der Waals surface area contributed by atoms with Crippen molar-refractivity contribution in [3.8, 4) is 0 Å². The number of likely N-dealkylation sites (tertiary alicyclic amines) is 1. The van der Waals surface area contributed by atoms with Gasteiger partial charge in [-0.05, 0) is 41.9 Å². The van der Waals surface area contributed by atoms with Gasteiger partial charge in [-0.3, -0.25) is 4.90 Å². The molecule has 1 atom stereocenters. The number of likely N-dealkylation sites (N-methyl/N-ethyl adjacent to an activating group) is 1. The number of hydrogen-bond donors (Lipinski definition) is 1. The summed E-state index contributed by atoms with van der Waals surface area (Å²) in [5.74, 6) is 0. The molecule has 2 heterocycles.